The standard InChI is InChI=1S/C20H23N5O2/c1-15(2)24-20(26)9-8-17(21-24)18-14-19(23-10-12-27-13-11-23)22-25(18)16-6-4-3-5-7-16/h3-9,14-15H,10-13H2,1-2H3. The Morgan fingerprint density at radius 3 is 2.44 bits per heavy atom. The number of para-hydroxylation sites is 1. The van der Waals surface area contributed by atoms with Crippen molar-refractivity contribution in [2.24, 2.45) is 0 Å². The number of hydrogen-bond donors (Lipinski definition) is 0. The highest BCUT2D eigenvalue weighted by Gasteiger charge is 2.19. The van der Waals surface area contributed by atoms with E-state index in [2.05, 4.69) is 10.00 Å². The zero-order valence-corrected chi connectivity index (χ0v) is 15.6. The van der Waals surface area contributed by atoms with Crippen molar-refractivity contribution in [3.63, 3.8) is 0 Å². The highest BCUT2D eigenvalue weighted by atomic mass is 16.5. The molecule has 27 heavy (non-hydrogen) atoms. The summed E-state index contributed by atoms with van der Waals surface area (Å²) >= 11 is 0. The van der Waals surface area contributed by atoms with Gasteiger partial charge in [-0.3, -0.25) is 4.79 Å². The van der Waals surface area contributed by atoms with E-state index in [1.54, 1.807) is 12.1 Å². The monoisotopic (exact) mass is 365 g/mol. The summed E-state index contributed by atoms with van der Waals surface area (Å²) in [4.78, 5) is 14.3. The second-order valence-corrected chi connectivity index (χ2v) is 6.83. The van der Waals surface area contributed by atoms with Crippen LogP contribution in [0.1, 0.15) is 19.9 Å². The Balaban J connectivity index is 1.84. The Hall–Kier alpha value is -2.93. The molecule has 1 aliphatic heterocycles. The molecule has 1 aliphatic rings. The molecule has 2 aromatic heterocycles. The van der Waals surface area contributed by atoms with Crippen molar-refractivity contribution in [2.75, 3.05) is 31.2 Å². The fourth-order valence-electron chi connectivity index (χ4n) is 3.20. The van der Waals surface area contributed by atoms with Crippen molar-refractivity contribution in [3.8, 4) is 17.1 Å². The van der Waals surface area contributed by atoms with Crippen LogP contribution in [-0.4, -0.2) is 45.9 Å². The van der Waals surface area contributed by atoms with Gasteiger partial charge in [0.2, 0.25) is 0 Å². The molecule has 0 radical (unpaired) electrons. The third-order valence-corrected chi connectivity index (χ3v) is 4.61. The molecule has 0 amide bonds. The maximum Gasteiger partial charge on any atom is 0.267 e. The van der Waals surface area contributed by atoms with Crippen LogP contribution >= 0.6 is 0 Å². The summed E-state index contributed by atoms with van der Waals surface area (Å²) < 4.78 is 8.85. The molecule has 0 bridgehead atoms. The number of anilines is 1. The fourth-order valence-corrected chi connectivity index (χ4v) is 3.20. The van der Waals surface area contributed by atoms with Gasteiger partial charge in [-0.05, 0) is 32.0 Å². The number of aromatic nitrogens is 4. The Morgan fingerprint density at radius 1 is 1.00 bits per heavy atom. The lowest BCUT2D eigenvalue weighted by Gasteiger charge is -2.26. The Labute approximate surface area is 157 Å². The predicted molar refractivity (Wildman–Crippen MR) is 104 cm³/mol. The van der Waals surface area contributed by atoms with E-state index in [1.165, 1.54) is 4.68 Å². The van der Waals surface area contributed by atoms with Crippen molar-refractivity contribution in [3.05, 3.63) is 58.9 Å². The Morgan fingerprint density at radius 2 is 1.74 bits per heavy atom. The third-order valence-electron chi connectivity index (χ3n) is 4.61. The SMILES string of the molecule is CC(C)n1nc(-c2cc(N3CCOCC3)nn2-c2ccccc2)ccc1=O. The molecule has 140 valence electrons. The minimum Gasteiger partial charge on any atom is -0.378 e. The lowest BCUT2D eigenvalue weighted by molar-refractivity contribution is 0.122. The number of hydrogen-bond acceptors (Lipinski definition) is 5. The maximum absolute atomic E-state index is 12.1. The molecule has 3 aromatic rings. The smallest absolute Gasteiger partial charge is 0.267 e. The van der Waals surface area contributed by atoms with Crippen LogP contribution in [0.4, 0.5) is 5.82 Å². The van der Waals surface area contributed by atoms with Crippen LogP contribution in [-0.2, 0) is 4.74 Å². The van der Waals surface area contributed by atoms with E-state index in [0.717, 1.165) is 36.0 Å². The van der Waals surface area contributed by atoms with Crippen LogP contribution in [0, 0.1) is 0 Å². The zero-order valence-electron chi connectivity index (χ0n) is 15.6. The van der Waals surface area contributed by atoms with Crippen LogP contribution < -0.4 is 10.5 Å². The summed E-state index contributed by atoms with van der Waals surface area (Å²) in [6.07, 6.45) is 0. The predicted octanol–water partition coefficient (Wildman–Crippen LogP) is 2.51. The first-order valence-electron chi connectivity index (χ1n) is 9.22. The lowest BCUT2D eigenvalue weighted by Crippen LogP contribution is -2.36. The molecule has 1 aromatic carbocycles. The maximum atomic E-state index is 12.1. The van der Waals surface area contributed by atoms with E-state index in [0.29, 0.717) is 13.2 Å². The molecule has 1 fully saturated rings. The van der Waals surface area contributed by atoms with Gasteiger partial charge < -0.3 is 9.64 Å². The highest BCUT2D eigenvalue weighted by molar-refractivity contribution is 5.63. The van der Waals surface area contributed by atoms with Crippen LogP contribution in [0.25, 0.3) is 17.1 Å². The second-order valence-electron chi connectivity index (χ2n) is 6.83. The van der Waals surface area contributed by atoms with E-state index in [9.17, 15) is 4.79 Å². The van der Waals surface area contributed by atoms with E-state index in [4.69, 9.17) is 9.84 Å². The summed E-state index contributed by atoms with van der Waals surface area (Å²) in [5.74, 6) is 0.890. The summed E-state index contributed by atoms with van der Waals surface area (Å²) in [7, 11) is 0. The van der Waals surface area contributed by atoms with Gasteiger partial charge in [0.15, 0.2) is 5.82 Å². The lowest BCUT2D eigenvalue weighted by atomic mass is 10.2. The minimum absolute atomic E-state index is 0.00994. The first kappa shape index (κ1) is 17.5. The van der Waals surface area contributed by atoms with E-state index in [1.807, 2.05) is 54.9 Å². The van der Waals surface area contributed by atoms with Crippen LogP contribution in [0.3, 0.4) is 0 Å². The Bertz CT molecular complexity index is 972. The van der Waals surface area contributed by atoms with Gasteiger partial charge in [0.1, 0.15) is 5.69 Å². The molecule has 0 unspecified atom stereocenters. The quantitative estimate of drug-likeness (QED) is 0.711. The van der Waals surface area contributed by atoms with Crippen molar-refractivity contribution >= 4 is 5.82 Å². The summed E-state index contributed by atoms with van der Waals surface area (Å²) in [5.41, 5.74) is 2.43. The number of rotatable bonds is 4. The van der Waals surface area contributed by atoms with Gasteiger partial charge in [-0.25, -0.2) is 9.36 Å². The van der Waals surface area contributed by atoms with E-state index >= 15 is 0 Å². The average molecular weight is 365 g/mol. The molecular weight excluding hydrogens is 342 g/mol. The van der Waals surface area contributed by atoms with Crippen molar-refractivity contribution < 1.29 is 4.74 Å². The minimum atomic E-state index is -0.104. The molecule has 3 heterocycles. The van der Waals surface area contributed by atoms with Crippen molar-refractivity contribution in [1.29, 1.82) is 0 Å². The van der Waals surface area contributed by atoms with Gasteiger partial charge in [-0.15, -0.1) is 5.10 Å². The number of nitrogens with zero attached hydrogens (tertiary/aromatic N) is 5. The fraction of sp³-hybridized carbons (Fsp3) is 0.350. The van der Waals surface area contributed by atoms with Crippen LogP contribution in [0.15, 0.2) is 53.3 Å². The molecule has 7 nitrogen and oxygen atoms in total. The third kappa shape index (κ3) is 3.50. The molecule has 0 spiro atoms. The topological polar surface area (TPSA) is 65.2 Å². The average Bonchev–Trinajstić information content (AvgIpc) is 3.15. The van der Waals surface area contributed by atoms with Gasteiger partial charge in [0.05, 0.1) is 30.6 Å². The summed E-state index contributed by atoms with van der Waals surface area (Å²) in [6.45, 7) is 6.92. The first-order valence-corrected chi connectivity index (χ1v) is 9.22. The van der Waals surface area contributed by atoms with Gasteiger partial charge in [0, 0.05) is 25.2 Å². The van der Waals surface area contributed by atoms with Crippen molar-refractivity contribution in [2.45, 2.75) is 19.9 Å². The normalized spacial score (nSPS) is 14.7. The van der Waals surface area contributed by atoms with E-state index in [-0.39, 0.29) is 11.6 Å². The molecule has 0 saturated carbocycles. The zero-order chi connectivity index (χ0) is 18.8. The molecule has 7 heteroatoms. The van der Waals surface area contributed by atoms with Crippen molar-refractivity contribution in [1.82, 2.24) is 19.6 Å². The highest BCUT2D eigenvalue weighted by Crippen LogP contribution is 2.26. The molecular formula is C20H23N5O2. The summed E-state index contributed by atoms with van der Waals surface area (Å²) in [6, 6.07) is 15.3. The first-order chi connectivity index (χ1) is 13.1. The number of benzene rings is 1. The van der Waals surface area contributed by atoms with Gasteiger partial charge in [-0.1, -0.05) is 18.2 Å². The molecule has 0 N–H and O–H groups in total. The summed E-state index contributed by atoms with van der Waals surface area (Å²) in [5, 5.41) is 9.42. The Kier molecular flexibility index (Phi) is 4.77. The largest absolute Gasteiger partial charge is 0.378 e. The van der Waals surface area contributed by atoms with Gasteiger partial charge in [-0.2, -0.15) is 5.10 Å². The van der Waals surface area contributed by atoms with Gasteiger partial charge in [0.25, 0.3) is 5.56 Å². The molecule has 0 atom stereocenters. The molecule has 4 rings (SSSR count). The number of morpholine rings is 1. The molecule has 1 saturated heterocycles. The van der Waals surface area contributed by atoms with E-state index < -0.39 is 0 Å². The molecule has 0 aliphatic carbocycles. The van der Waals surface area contributed by atoms with Crippen LogP contribution in [0.2, 0.25) is 0 Å². The van der Waals surface area contributed by atoms with Gasteiger partial charge >= 0.3 is 0 Å². The van der Waals surface area contributed by atoms with Crippen LogP contribution in [0.5, 0.6) is 0 Å². The number of ether oxygens (including phenoxy) is 1. The second kappa shape index (κ2) is 7.36.